The van der Waals surface area contributed by atoms with E-state index in [-0.39, 0.29) is 47.2 Å². The Hall–Kier alpha value is -4.23. The molecular weight excluding hydrogens is 616 g/mol. The number of halogens is 1. The van der Waals surface area contributed by atoms with E-state index < -0.39 is 63.6 Å². The van der Waals surface area contributed by atoms with Crippen LogP contribution in [0.5, 0.6) is 5.75 Å². The Kier molecular flexibility index (Phi) is 8.31. The van der Waals surface area contributed by atoms with Crippen LogP contribution in [0.15, 0.2) is 53.3 Å². The number of benzene rings is 2. The molecule has 12 nitrogen and oxygen atoms in total. The summed E-state index contributed by atoms with van der Waals surface area (Å²) in [5.74, 6) is -7.62. The number of nitrogens with zero attached hydrogens (tertiary/aromatic N) is 2. The number of likely N-dealkylation sites (N-methyl/N-ethyl adjacent to an activating group) is 2. The Balaban J connectivity index is 1.53. The number of phenolic OH excluding ortho intramolecular Hbond substituents is 1. The van der Waals surface area contributed by atoms with Crippen molar-refractivity contribution in [2.24, 2.45) is 17.6 Å². The number of carbonyl (C=O) groups is 4. The zero-order chi connectivity index (χ0) is 34.0. The maximum atomic E-state index is 14.0. The monoisotopic (exact) mass is 652 g/mol. The zero-order valence-electron chi connectivity index (χ0n) is 26.1. The van der Waals surface area contributed by atoms with Gasteiger partial charge in [0, 0.05) is 28.7 Å². The highest BCUT2D eigenvalue weighted by Gasteiger charge is 2.64. The fourth-order valence-corrected chi connectivity index (χ4v) is 7.18. The molecule has 1 saturated carbocycles. The first kappa shape index (κ1) is 33.1. The lowest BCUT2D eigenvalue weighted by molar-refractivity contribution is -0.153. The summed E-state index contributed by atoms with van der Waals surface area (Å²) in [5, 5.41) is 48.4. The summed E-state index contributed by atoms with van der Waals surface area (Å²) in [5.41, 5.74) is 1.83. The lowest BCUT2D eigenvalue weighted by Crippen LogP contribution is -2.65. The van der Waals surface area contributed by atoms with Crippen LogP contribution in [0, 0.1) is 11.8 Å². The van der Waals surface area contributed by atoms with E-state index in [1.165, 1.54) is 25.1 Å². The number of para-hydroxylation sites is 1. The summed E-state index contributed by atoms with van der Waals surface area (Å²) < 4.78 is 0. The van der Waals surface area contributed by atoms with Crippen LogP contribution < -0.4 is 11.1 Å². The van der Waals surface area contributed by atoms with Crippen LogP contribution >= 0.6 is 11.6 Å². The van der Waals surface area contributed by atoms with Gasteiger partial charge in [-0.2, -0.15) is 0 Å². The fraction of sp³-hybridized carbons (Fsp3) is 0.394. The molecule has 0 unspecified atom stereocenters. The lowest BCUT2D eigenvalue weighted by atomic mass is 9.57. The Labute approximate surface area is 270 Å². The number of nitrogens with one attached hydrogen (secondary N) is 1. The predicted octanol–water partition coefficient (Wildman–Crippen LogP) is 2.47. The van der Waals surface area contributed by atoms with E-state index in [1.807, 2.05) is 18.2 Å². The molecule has 244 valence electrons. The van der Waals surface area contributed by atoms with E-state index in [0.717, 1.165) is 0 Å². The van der Waals surface area contributed by atoms with Crippen molar-refractivity contribution in [1.29, 1.82) is 0 Å². The average molecular weight is 653 g/mol. The molecule has 0 saturated heterocycles. The number of primary amides is 1. The summed E-state index contributed by atoms with van der Waals surface area (Å²) in [6, 6.07) is 9.16. The van der Waals surface area contributed by atoms with Crippen molar-refractivity contribution in [3.8, 4) is 5.75 Å². The van der Waals surface area contributed by atoms with Crippen LogP contribution in [0.2, 0.25) is 5.02 Å². The molecule has 0 aliphatic heterocycles. The van der Waals surface area contributed by atoms with Crippen molar-refractivity contribution < 1.29 is 39.6 Å². The van der Waals surface area contributed by atoms with Crippen molar-refractivity contribution in [1.82, 2.24) is 9.80 Å². The van der Waals surface area contributed by atoms with Gasteiger partial charge in [0.05, 0.1) is 17.1 Å². The van der Waals surface area contributed by atoms with Gasteiger partial charge in [0.15, 0.2) is 11.4 Å². The first-order valence-corrected chi connectivity index (χ1v) is 15.1. The van der Waals surface area contributed by atoms with Crippen LogP contribution in [0.25, 0.3) is 5.76 Å². The molecule has 46 heavy (non-hydrogen) atoms. The first-order chi connectivity index (χ1) is 21.4. The molecule has 5 rings (SSSR count). The number of carbonyl (C=O) groups excluding carboxylic acids is 4. The minimum Gasteiger partial charge on any atom is -0.508 e. The van der Waals surface area contributed by atoms with Crippen LogP contribution in [0.1, 0.15) is 37.0 Å². The van der Waals surface area contributed by atoms with Crippen molar-refractivity contribution in [3.63, 3.8) is 0 Å². The second-order valence-electron chi connectivity index (χ2n) is 12.9. The number of aliphatic hydroxyl groups excluding tert-OH is 2. The van der Waals surface area contributed by atoms with Crippen LogP contribution in [0.4, 0.5) is 5.69 Å². The molecule has 0 heterocycles. The molecule has 3 aliphatic rings. The third kappa shape index (κ3) is 4.96. The smallest absolute Gasteiger partial charge is 0.255 e. The SMILES string of the molecule is CN(C)[C@@H]1C(=O)C(C(N)=O)=C(O)[C@@]2(O)C(=O)C3=C(O)c4c(O)cc(CN(C)C(C)(C)C(=O)Nc5ccccc5)c(Cl)c4C[C@H]3C[C@@H]12. The number of hydrogen-bond acceptors (Lipinski definition) is 10. The van der Waals surface area contributed by atoms with Crippen molar-refractivity contribution in [2.75, 3.05) is 26.5 Å². The van der Waals surface area contributed by atoms with E-state index in [9.17, 15) is 39.6 Å². The second kappa shape index (κ2) is 11.5. The van der Waals surface area contributed by atoms with E-state index in [0.29, 0.717) is 16.8 Å². The van der Waals surface area contributed by atoms with Gasteiger partial charge in [-0.3, -0.25) is 29.0 Å². The summed E-state index contributed by atoms with van der Waals surface area (Å²) in [6.45, 7) is 3.62. The average Bonchev–Trinajstić information content (AvgIpc) is 2.97. The van der Waals surface area contributed by atoms with Gasteiger partial charge in [0.1, 0.15) is 22.8 Å². The van der Waals surface area contributed by atoms with E-state index >= 15 is 0 Å². The third-order valence-corrected chi connectivity index (χ3v) is 10.1. The number of phenols is 1. The number of aliphatic hydroxyl groups is 3. The summed E-state index contributed by atoms with van der Waals surface area (Å²) in [4.78, 5) is 55.8. The van der Waals surface area contributed by atoms with Crippen molar-refractivity contribution in [3.05, 3.63) is 75.0 Å². The van der Waals surface area contributed by atoms with Crippen LogP contribution in [0.3, 0.4) is 0 Å². The molecule has 1 fully saturated rings. The second-order valence-corrected chi connectivity index (χ2v) is 13.3. The van der Waals surface area contributed by atoms with Gasteiger partial charge in [-0.1, -0.05) is 29.8 Å². The highest BCUT2D eigenvalue weighted by molar-refractivity contribution is 6.32. The Morgan fingerprint density at radius 1 is 1.11 bits per heavy atom. The highest BCUT2D eigenvalue weighted by Crippen LogP contribution is 2.53. The van der Waals surface area contributed by atoms with E-state index in [1.54, 1.807) is 37.9 Å². The number of rotatable bonds is 7. The Morgan fingerprint density at radius 2 is 1.74 bits per heavy atom. The number of nitrogens with two attached hydrogens (primary N) is 1. The number of aromatic hydroxyl groups is 1. The molecule has 0 spiro atoms. The number of Topliss-reactive ketones (excluding diaryl/α,β-unsaturated/α-hetero) is 2. The van der Waals surface area contributed by atoms with Crippen LogP contribution in [-0.4, -0.2) is 91.9 Å². The molecule has 0 bridgehead atoms. The van der Waals surface area contributed by atoms with Gasteiger partial charge in [-0.25, -0.2) is 0 Å². The third-order valence-electron chi connectivity index (χ3n) is 9.68. The Morgan fingerprint density at radius 3 is 2.33 bits per heavy atom. The quantitative estimate of drug-likeness (QED) is 0.242. The Bertz CT molecular complexity index is 1730. The number of fused-ring (bicyclic) bond motifs is 3. The molecule has 13 heteroatoms. The van der Waals surface area contributed by atoms with Crippen molar-refractivity contribution >= 4 is 46.4 Å². The number of amides is 2. The first-order valence-electron chi connectivity index (χ1n) is 14.7. The lowest BCUT2D eigenvalue weighted by Gasteiger charge is -2.50. The number of anilines is 1. The predicted molar refractivity (Wildman–Crippen MR) is 170 cm³/mol. The van der Waals surface area contributed by atoms with Gasteiger partial charge in [0.2, 0.25) is 11.7 Å². The molecule has 0 aromatic heterocycles. The summed E-state index contributed by atoms with van der Waals surface area (Å²) >= 11 is 6.91. The van der Waals surface area contributed by atoms with Gasteiger partial charge >= 0.3 is 0 Å². The maximum absolute atomic E-state index is 14.0. The summed E-state index contributed by atoms with van der Waals surface area (Å²) in [6.07, 6.45) is -0.00392. The molecule has 2 amide bonds. The van der Waals surface area contributed by atoms with Gasteiger partial charge in [-0.15, -0.1) is 0 Å². The normalized spacial score (nSPS) is 24.6. The van der Waals surface area contributed by atoms with Gasteiger partial charge < -0.3 is 31.5 Å². The molecule has 4 atom stereocenters. The molecule has 2 aromatic rings. The molecule has 3 aliphatic carbocycles. The number of hydrogen-bond donors (Lipinski definition) is 6. The summed E-state index contributed by atoms with van der Waals surface area (Å²) in [7, 11) is 4.80. The molecule has 7 N–H and O–H groups in total. The van der Waals surface area contributed by atoms with E-state index in [4.69, 9.17) is 17.3 Å². The van der Waals surface area contributed by atoms with E-state index in [2.05, 4.69) is 5.32 Å². The highest BCUT2D eigenvalue weighted by atomic mass is 35.5. The van der Waals surface area contributed by atoms with Crippen LogP contribution in [-0.2, 0) is 32.1 Å². The van der Waals surface area contributed by atoms with Gasteiger partial charge in [0.25, 0.3) is 5.91 Å². The molecule has 2 aromatic carbocycles. The fourth-order valence-electron chi connectivity index (χ4n) is 6.89. The zero-order valence-corrected chi connectivity index (χ0v) is 26.8. The molecule has 0 radical (unpaired) electrons. The maximum Gasteiger partial charge on any atom is 0.255 e. The standard InChI is InChI=1S/C33H37ClN4O8/c1-32(2,31(45)36-17-9-7-6-8-10-17)38(5)14-16-13-20(39)22-18(24(16)34)11-15-12-19-25(37(3)4)27(41)23(30(35)44)29(43)33(19,46)28(42)21(15)26(22)40/h6-10,13,15,19,25,39-40,43,46H,11-12,14H2,1-5H3,(H2,35,44)(H,36,45)/t15-,19-,25-,33-/m0/s1. The molecular formula is C33H37ClN4O8. The number of ketones is 2. The van der Waals surface area contributed by atoms with Crippen molar-refractivity contribution in [2.45, 2.75) is 50.4 Å². The van der Waals surface area contributed by atoms with Gasteiger partial charge in [-0.05, 0) is 83.1 Å². The largest absolute Gasteiger partial charge is 0.508 e. The minimum atomic E-state index is -2.72. The minimum absolute atomic E-state index is 0.0520. The topological polar surface area (TPSA) is 194 Å².